The lowest BCUT2D eigenvalue weighted by Gasteiger charge is -2.02. The van der Waals surface area contributed by atoms with Crippen LogP contribution in [0.4, 0.5) is 5.82 Å². The molecule has 0 spiro atoms. The summed E-state index contributed by atoms with van der Waals surface area (Å²) >= 11 is 0. The second kappa shape index (κ2) is 4.65. The zero-order valence-corrected chi connectivity index (χ0v) is 9.43. The number of hydrogen-bond acceptors (Lipinski definition) is 5. The van der Waals surface area contributed by atoms with Gasteiger partial charge >= 0.3 is 0 Å². The van der Waals surface area contributed by atoms with Gasteiger partial charge in [0.15, 0.2) is 5.82 Å². The number of pyridine rings is 1. The van der Waals surface area contributed by atoms with E-state index in [2.05, 4.69) is 15.5 Å². The van der Waals surface area contributed by atoms with Gasteiger partial charge in [0.25, 0.3) is 5.91 Å². The van der Waals surface area contributed by atoms with Gasteiger partial charge in [-0.1, -0.05) is 5.16 Å². The fourth-order valence-corrected chi connectivity index (χ4v) is 1.25. The van der Waals surface area contributed by atoms with Crippen molar-refractivity contribution in [2.75, 3.05) is 12.4 Å². The van der Waals surface area contributed by atoms with E-state index in [4.69, 9.17) is 9.26 Å². The molecule has 0 fully saturated rings. The Morgan fingerprint density at radius 2 is 2.29 bits per heavy atom. The van der Waals surface area contributed by atoms with Gasteiger partial charge in [0.1, 0.15) is 5.76 Å². The quantitative estimate of drug-likeness (QED) is 0.871. The van der Waals surface area contributed by atoms with Gasteiger partial charge < -0.3 is 14.6 Å². The van der Waals surface area contributed by atoms with Crippen LogP contribution in [0.3, 0.4) is 0 Å². The summed E-state index contributed by atoms with van der Waals surface area (Å²) in [6.45, 7) is 1.75. The Bertz CT molecular complexity index is 519. The Morgan fingerprint density at radius 1 is 1.47 bits per heavy atom. The number of methoxy groups -OCH3 is 1. The number of nitrogens with zero attached hydrogens (tertiary/aromatic N) is 2. The van der Waals surface area contributed by atoms with E-state index in [1.165, 1.54) is 13.3 Å². The predicted octanol–water partition coefficient (Wildman–Crippen LogP) is 1.64. The summed E-state index contributed by atoms with van der Waals surface area (Å²) in [6.07, 6.45) is 1.43. The van der Waals surface area contributed by atoms with Gasteiger partial charge in [-0.2, -0.15) is 0 Å². The molecule has 0 unspecified atom stereocenters. The number of amides is 1. The molecule has 1 N–H and O–H groups in total. The van der Waals surface area contributed by atoms with Gasteiger partial charge in [-0.15, -0.1) is 0 Å². The van der Waals surface area contributed by atoms with E-state index in [9.17, 15) is 4.79 Å². The number of anilines is 1. The molecule has 0 atom stereocenters. The molecule has 6 heteroatoms. The van der Waals surface area contributed by atoms with Gasteiger partial charge in [0, 0.05) is 18.3 Å². The smallest absolute Gasteiger partial charge is 0.258 e. The predicted molar refractivity (Wildman–Crippen MR) is 60.0 cm³/mol. The summed E-state index contributed by atoms with van der Waals surface area (Å²) in [5.41, 5.74) is 0.423. The van der Waals surface area contributed by atoms with Crippen LogP contribution in [0.25, 0.3) is 0 Å². The van der Waals surface area contributed by atoms with E-state index in [1.54, 1.807) is 25.1 Å². The van der Waals surface area contributed by atoms with Crippen molar-refractivity contribution in [3.63, 3.8) is 0 Å². The van der Waals surface area contributed by atoms with Crippen molar-refractivity contribution in [2.45, 2.75) is 6.92 Å². The molecule has 2 aromatic heterocycles. The van der Waals surface area contributed by atoms with Crippen molar-refractivity contribution in [2.24, 2.45) is 0 Å². The number of carbonyl (C=O) groups is 1. The van der Waals surface area contributed by atoms with Gasteiger partial charge in [0.05, 0.1) is 12.7 Å². The van der Waals surface area contributed by atoms with Gasteiger partial charge in [0.2, 0.25) is 5.88 Å². The van der Waals surface area contributed by atoms with Crippen LogP contribution >= 0.6 is 0 Å². The molecular formula is C11H11N3O3. The molecule has 0 aliphatic heterocycles. The zero-order chi connectivity index (χ0) is 12.3. The molecule has 0 aliphatic rings. The molecule has 88 valence electrons. The Kier molecular flexibility index (Phi) is 3.04. The molecule has 0 aliphatic carbocycles. The fourth-order valence-electron chi connectivity index (χ4n) is 1.25. The molecule has 0 aromatic carbocycles. The number of nitrogens with one attached hydrogen (secondary N) is 1. The minimum atomic E-state index is -0.298. The lowest BCUT2D eigenvalue weighted by molar-refractivity contribution is 0.102. The summed E-state index contributed by atoms with van der Waals surface area (Å²) in [5, 5.41) is 6.25. The van der Waals surface area contributed by atoms with Crippen LogP contribution in [0.2, 0.25) is 0 Å². The van der Waals surface area contributed by atoms with Crippen LogP contribution in [0.5, 0.6) is 5.88 Å². The van der Waals surface area contributed by atoms with Gasteiger partial charge in [-0.05, 0) is 13.0 Å². The van der Waals surface area contributed by atoms with Crippen molar-refractivity contribution in [3.8, 4) is 5.88 Å². The Hall–Kier alpha value is -2.37. The summed E-state index contributed by atoms with van der Waals surface area (Å²) in [6, 6.07) is 4.87. The first-order valence-corrected chi connectivity index (χ1v) is 4.94. The highest BCUT2D eigenvalue weighted by Gasteiger charge is 2.09. The first kappa shape index (κ1) is 11.1. The highest BCUT2D eigenvalue weighted by Crippen LogP contribution is 2.11. The van der Waals surface area contributed by atoms with E-state index in [0.29, 0.717) is 23.0 Å². The SMILES string of the molecule is COc1ccc(C(=O)Nc2cc(C)on2)cn1. The van der Waals surface area contributed by atoms with E-state index < -0.39 is 0 Å². The summed E-state index contributed by atoms with van der Waals surface area (Å²) < 4.78 is 9.74. The number of aryl methyl sites for hydroxylation is 1. The number of aromatic nitrogens is 2. The van der Waals surface area contributed by atoms with Crippen molar-refractivity contribution >= 4 is 11.7 Å². The number of carbonyl (C=O) groups excluding carboxylic acids is 1. The van der Waals surface area contributed by atoms with Crippen LogP contribution in [0.15, 0.2) is 28.9 Å². The number of hydrogen-bond donors (Lipinski definition) is 1. The van der Waals surface area contributed by atoms with Gasteiger partial charge in [-0.3, -0.25) is 4.79 Å². The maximum Gasteiger partial charge on any atom is 0.258 e. The zero-order valence-electron chi connectivity index (χ0n) is 9.43. The topological polar surface area (TPSA) is 77.2 Å². The Balaban J connectivity index is 2.09. The molecule has 17 heavy (non-hydrogen) atoms. The molecule has 0 saturated carbocycles. The third-order valence-electron chi connectivity index (χ3n) is 2.08. The highest BCUT2D eigenvalue weighted by atomic mass is 16.5. The van der Waals surface area contributed by atoms with Crippen LogP contribution < -0.4 is 10.1 Å². The maximum atomic E-state index is 11.7. The van der Waals surface area contributed by atoms with Crippen LogP contribution in [0.1, 0.15) is 16.1 Å². The van der Waals surface area contributed by atoms with Crippen molar-refractivity contribution < 1.29 is 14.1 Å². The van der Waals surface area contributed by atoms with Crippen molar-refractivity contribution in [1.82, 2.24) is 10.1 Å². The minimum Gasteiger partial charge on any atom is -0.481 e. The van der Waals surface area contributed by atoms with Crippen LogP contribution in [-0.2, 0) is 0 Å². The Labute approximate surface area is 97.6 Å². The van der Waals surface area contributed by atoms with E-state index in [-0.39, 0.29) is 5.91 Å². The summed E-state index contributed by atoms with van der Waals surface area (Å²) in [4.78, 5) is 15.7. The number of rotatable bonds is 3. The van der Waals surface area contributed by atoms with E-state index in [1.807, 2.05) is 0 Å². The average Bonchev–Trinajstić information content (AvgIpc) is 2.75. The lowest BCUT2D eigenvalue weighted by Crippen LogP contribution is -2.12. The van der Waals surface area contributed by atoms with Crippen LogP contribution in [0, 0.1) is 6.92 Å². The first-order valence-electron chi connectivity index (χ1n) is 4.94. The van der Waals surface area contributed by atoms with Crippen molar-refractivity contribution in [3.05, 3.63) is 35.7 Å². The molecule has 6 nitrogen and oxygen atoms in total. The molecule has 2 aromatic rings. The monoisotopic (exact) mass is 233 g/mol. The standard InChI is InChI=1S/C11H11N3O3/c1-7-5-9(14-17-7)13-11(15)8-3-4-10(16-2)12-6-8/h3-6H,1-2H3,(H,13,14,15). The van der Waals surface area contributed by atoms with Crippen molar-refractivity contribution in [1.29, 1.82) is 0 Å². The summed E-state index contributed by atoms with van der Waals surface area (Å²) in [5.74, 6) is 1.17. The Morgan fingerprint density at radius 3 is 2.82 bits per heavy atom. The fraction of sp³-hybridized carbons (Fsp3) is 0.182. The molecule has 1 amide bonds. The van der Waals surface area contributed by atoms with E-state index >= 15 is 0 Å². The third kappa shape index (κ3) is 2.60. The molecule has 2 rings (SSSR count). The van der Waals surface area contributed by atoms with Crippen LogP contribution in [-0.4, -0.2) is 23.2 Å². The third-order valence-corrected chi connectivity index (χ3v) is 2.08. The average molecular weight is 233 g/mol. The first-order chi connectivity index (χ1) is 8.19. The molecule has 2 heterocycles. The summed E-state index contributed by atoms with van der Waals surface area (Å²) in [7, 11) is 1.51. The molecule has 0 saturated heterocycles. The van der Waals surface area contributed by atoms with Gasteiger partial charge in [-0.25, -0.2) is 4.98 Å². The lowest BCUT2D eigenvalue weighted by atomic mass is 10.2. The second-order valence-corrected chi connectivity index (χ2v) is 3.37. The minimum absolute atomic E-state index is 0.298. The molecule has 0 bridgehead atoms. The van der Waals surface area contributed by atoms with E-state index in [0.717, 1.165) is 0 Å². The highest BCUT2D eigenvalue weighted by molar-refractivity contribution is 6.03. The maximum absolute atomic E-state index is 11.7. The molecular weight excluding hydrogens is 222 g/mol. The number of ether oxygens (including phenoxy) is 1. The normalized spacial score (nSPS) is 10.0. The largest absolute Gasteiger partial charge is 0.481 e. The second-order valence-electron chi connectivity index (χ2n) is 3.37. The molecule has 0 radical (unpaired) electrons.